The van der Waals surface area contributed by atoms with Gasteiger partial charge in [0.15, 0.2) is 0 Å². The number of carboxylic acid groups (broad SMARTS) is 1. The second-order valence-corrected chi connectivity index (χ2v) is 6.59. The van der Waals surface area contributed by atoms with Crippen LogP contribution in [-0.2, 0) is 17.9 Å². The molecule has 0 amide bonds. The van der Waals surface area contributed by atoms with Crippen LogP contribution in [0.5, 0.6) is 0 Å². The Bertz CT molecular complexity index is 1040. The molecule has 0 atom stereocenters. The predicted molar refractivity (Wildman–Crippen MR) is 98.7 cm³/mol. The van der Waals surface area contributed by atoms with E-state index in [1.807, 2.05) is 12.3 Å². The molecular weight excluding hydrogens is 352 g/mol. The fourth-order valence-electron chi connectivity index (χ4n) is 2.63. The van der Waals surface area contributed by atoms with Gasteiger partial charge in [0.05, 0.1) is 24.8 Å². The maximum atomic E-state index is 10.6. The van der Waals surface area contributed by atoms with Gasteiger partial charge >= 0.3 is 5.97 Å². The molecule has 0 spiro atoms. The summed E-state index contributed by atoms with van der Waals surface area (Å²) in [5.41, 5.74) is 2.80. The molecule has 0 saturated heterocycles. The molecule has 4 aromatic heterocycles. The molecular formula is C17H16N6O2S. The Morgan fingerprint density at radius 2 is 2.23 bits per heavy atom. The van der Waals surface area contributed by atoms with Gasteiger partial charge in [-0.3, -0.25) is 9.48 Å². The molecule has 4 aromatic rings. The number of hydrogen-bond acceptors (Lipinski definition) is 6. The molecule has 8 nitrogen and oxygen atoms in total. The molecule has 132 valence electrons. The van der Waals surface area contributed by atoms with Crippen molar-refractivity contribution in [1.82, 2.24) is 24.3 Å². The van der Waals surface area contributed by atoms with Gasteiger partial charge in [0, 0.05) is 30.5 Å². The van der Waals surface area contributed by atoms with E-state index in [0.717, 1.165) is 17.6 Å². The molecule has 0 unspecified atom stereocenters. The lowest BCUT2D eigenvalue weighted by molar-refractivity contribution is -0.137. The SMILES string of the molecule is O=C(O)CCn1cc(Nc2ncc3ccn(Cc4ccsc4)c3n2)cn1. The number of fused-ring (bicyclic) bond motifs is 1. The third kappa shape index (κ3) is 3.57. The lowest BCUT2D eigenvalue weighted by Gasteiger charge is -2.05. The molecule has 26 heavy (non-hydrogen) atoms. The van der Waals surface area contributed by atoms with Crippen LogP contribution in [-0.4, -0.2) is 35.4 Å². The average molecular weight is 368 g/mol. The summed E-state index contributed by atoms with van der Waals surface area (Å²) in [5.74, 6) is -0.379. The van der Waals surface area contributed by atoms with Crippen LogP contribution in [0.3, 0.4) is 0 Å². The highest BCUT2D eigenvalue weighted by molar-refractivity contribution is 7.07. The lowest BCUT2D eigenvalue weighted by Crippen LogP contribution is -2.04. The van der Waals surface area contributed by atoms with Crippen molar-refractivity contribution in [3.8, 4) is 0 Å². The Kier molecular flexibility index (Phi) is 4.36. The zero-order valence-electron chi connectivity index (χ0n) is 13.7. The summed E-state index contributed by atoms with van der Waals surface area (Å²) >= 11 is 1.68. The Hall–Kier alpha value is -3.20. The molecule has 0 aliphatic heterocycles. The van der Waals surface area contributed by atoms with Crippen molar-refractivity contribution in [2.45, 2.75) is 19.5 Å². The number of aromatic nitrogens is 5. The molecule has 2 N–H and O–H groups in total. The number of carbonyl (C=O) groups is 1. The first kappa shape index (κ1) is 16.3. The topological polar surface area (TPSA) is 97.9 Å². The molecule has 0 aromatic carbocycles. The number of hydrogen-bond donors (Lipinski definition) is 2. The first-order valence-electron chi connectivity index (χ1n) is 8.01. The maximum absolute atomic E-state index is 10.6. The van der Waals surface area contributed by atoms with E-state index in [-0.39, 0.29) is 6.42 Å². The van der Waals surface area contributed by atoms with Crippen molar-refractivity contribution in [2.24, 2.45) is 0 Å². The van der Waals surface area contributed by atoms with E-state index in [1.165, 1.54) is 5.56 Å². The number of nitrogens with one attached hydrogen (secondary N) is 1. The van der Waals surface area contributed by atoms with Crippen LogP contribution in [0.4, 0.5) is 11.6 Å². The van der Waals surface area contributed by atoms with Gasteiger partial charge in [-0.2, -0.15) is 21.4 Å². The third-order valence-electron chi connectivity index (χ3n) is 3.88. The van der Waals surface area contributed by atoms with Gasteiger partial charge in [-0.15, -0.1) is 0 Å². The second-order valence-electron chi connectivity index (χ2n) is 5.81. The molecule has 9 heteroatoms. The number of thiophene rings is 1. The van der Waals surface area contributed by atoms with Gasteiger partial charge in [-0.25, -0.2) is 4.98 Å². The number of carboxylic acids is 1. The van der Waals surface area contributed by atoms with Crippen molar-refractivity contribution >= 4 is 40.0 Å². The van der Waals surface area contributed by atoms with Crippen LogP contribution in [0.15, 0.2) is 47.7 Å². The van der Waals surface area contributed by atoms with Crippen LogP contribution in [0, 0.1) is 0 Å². The minimum atomic E-state index is -0.852. The van der Waals surface area contributed by atoms with E-state index in [0.29, 0.717) is 18.2 Å². The van der Waals surface area contributed by atoms with E-state index in [2.05, 4.69) is 41.8 Å². The molecule has 4 rings (SSSR count). The van der Waals surface area contributed by atoms with Crippen molar-refractivity contribution < 1.29 is 9.90 Å². The van der Waals surface area contributed by atoms with E-state index >= 15 is 0 Å². The van der Waals surface area contributed by atoms with Crippen LogP contribution in [0.2, 0.25) is 0 Å². The van der Waals surface area contributed by atoms with Gasteiger partial charge < -0.3 is 15.0 Å². The summed E-state index contributed by atoms with van der Waals surface area (Å²) in [6.45, 7) is 1.08. The fraction of sp³-hybridized carbons (Fsp3) is 0.176. The third-order valence-corrected chi connectivity index (χ3v) is 4.61. The Labute approximate surface area is 152 Å². The standard InChI is InChI=1S/C17H16N6O2S/c24-15(25)2-5-23-10-14(8-19-23)20-17-18-7-13-1-4-22(16(13)21-17)9-12-3-6-26-11-12/h1,3-4,6-8,10-11H,2,5,9H2,(H,24,25)(H,18,20,21). The van der Waals surface area contributed by atoms with E-state index < -0.39 is 5.97 Å². The molecule has 4 heterocycles. The van der Waals surface area contributed by atoms with Gasteiger partial charge in [0.1, 0.15) is 5.65 Å². The molecule has 0 fully saturated rings. The van der Waals surface area contributed by atoms with Gasteiger partial charge in [0.25, 0.3) is 0 Å². The number of aliphatic carboxylic acids is 1. The first-order valence-corrected chi connectivity index (χ1v) is 8.96. The van der Waals surface area contributed by atoms with Crippen molar-refractivity contribution in [2.75, 3.05) is 5.32 Å². The van der Waals surface area contributed by atoms with Crippen molar-refractivity contribution in [3.63, 3.8) is 0 Å². The van der Waals surface area contributed by atoms with Crippen LogP contribution in [0.1, 0.15) is 12.0 Å². The van der Waals surface area contributed by atoms with Gasteiger partial charge in [-0.1, -0.05) is 0 Å². The summed E-state index contributed by atoms with van der Waals surface area (Å²) in [7, 11) is 0. The number of nitrogens with zero attached hydrogens (tertiary/aromatic N) is 5. The summed E-state index contributed by atoms with van der Waals surface area (Å²) in [6.07, 6.45) is 7.18. The van der Waals surface area contributed by atoms with Crippen LogP contribution >= 0.6 is 11.3 Å². The van der Waals surface area contributed by atoms with Crippen molar-refractivity contribution in [3.05, 3.63) is 53.2 Å². The average Bonchev–Trinajstić information content (AvgIpc) is 3.36. The van der Waals surface area contributed by atoms with Crippen LogP contribution in [0.25, 0.3) is 11.0 Å². The quantitative estimate of drug-likeness (QED) is 0.520. The Morgan fingerprint density at radius 1 is 1.31 bits per heavy atom. The maximum Gasteiger partial charge on any atom is 0.305 e. The largest absolute Gasteiger partial charge is 0.481 e. The number of aryl methyl sites for hydroxylation is 1. The lowest BCUT2D eigenvalue weighted by atomic mass is 10.3. The minimum Gasteiger partial charge on any atom is -0.481 e. The number of rotatable bonds is 7. The van der Waals surface area contributed by atoms with E-state index in [4.69, 9.17) is 5.11 Å². The second kappa shape index (κ2) is 6.96. The first-order chi connectivity index (χ1) is 12.7. The highest BCUT2D eigenvalue weighted by Crippen LogP contribution is 2.19. The highest BCUT2D eigenvalue weighted by Gasteiger charge is 2.08. The normalized spacial score (nSPS) is 11.1. The highest BCUT2D eigenvalue weighted by atomic mass is 32.1. The molecule has 0 aliphatic carbocycles. The smallest absolute Gasteiger partial charge is 0.305 e. The monoisotopic (exact) mass is 368 g/mol. The van der Waals surface area contributed by atoms with E-state index in [9.17, 15) is 4.79 Å². The molecule has 0 bridgehead atoms. The minimum absolute atomic E-state index is 0.0275. The summed E-state index contributed by atoms with van der Waals surface area (Å²) in [5, 5.41) is 21.1. The zero-order chi connectivity index (χ0) is 17.9. The molecule has 0 radical (unpaired) electrons. The van der Waals surface area contributed by atoms with Gasteiger partial charge in [0.2, 0.25) is 5.95 Å². The predicted octanol–water partition coefficient (Wildman–Crippen LogP) is 2.96. The molecule has 0 aliphatic rings. The summed E-state index contributed by atoms with van der Waals surface area (Å²) in [4.78, 5) is 19.6. The van der Waals surface area contributed by atoms with Gasteiger partial charge in [-0.05, 0) is 28.5 Å². The van der Waals surface area contributed by atoms with Crippen molar-refractivity contribution in [1.29, 1.82) is 0 Å². The summed E-state index contributed by atoms with van der Waals surface area (Å²) in [6, 6.07) is 4.10. The summed E-state index contributed by atoms with van der Waals surface area (Å²) < 4.78 is 3.66. The number of anilines is 2. The Balaban J connectivity index is 1.52. The zero-order valence-corrected chi connectivity index (χ0v) is 14.6. The van der Waals surface area contributed by atoms with Crippen LogP contribution < -0.4 is 5.32 Å². The Morgan fingerprint density at radius 3 is 3.04 bits per heavy atom. The van der Waals surface area contributed by atoms with E-state index in [1.54, 1.807) is 34.6 Å². The fourth-order valence-corrected chi connectivity index (χ4v) is 3.29. The molecule has 0 saturated carbocycles.